The summed E-state index contributed by atoms with van der Waals surface area (Å²) < 4.78 is 39.3. The first-order valence-corrected chi connectivity index (χ1v) is 21.8. The Bertz CT molecular complexity index is 869. The van der Waals surface area contributed by atoms with E-state index >= 15 is 0 Å². The topological polar surface area (TPSA) is 59.5 Å². The first kappa shape index (κ1) is 32.0. The van der Waals surface area contributed by atoms with Crippen LogP contribution in [0.5, 0.6) is 0 Å². The molecule has 0 N–H and O–H groups in total. The third-order valence-corrected chi connectivity index (χ3v) is 22.5. The molecule has 0 unspecified atom stereocenters. The second-order valence-corrected chi connectivity index (χ2v) is 24.8. The van der Waals surface area contributed by atoms with Gasteiger partial charge in [-0.05, 0) is 0 Å². The molecular formula is C29H48F2N2O3Sn. The van der Waals surface area contributed by atoms with E-state index in [9.17, 15) is 18.4 Å². The number of ether oxygens (including phenoxy) is 1. The molecule has 2 rings (SSSR count). The monoisotopic (exact) mass is 630 g/mol. The van der Waals surface area contributed by atoms with Gasteiger partial charge < -0.3 is 0 Å². The first-order valence-electron chi connectivity index (χ1n) is 14.3. The number of amides is 1. The number of carbonyl (C=O) groups excluding carboxylic acids is 2. The second-order valence-electron chi connectivity index (χ2n) is 11.7. The van der Waals surface area contributed by atoms with E-state index in [-0.39, 0.29) is 31.6 Å². The molecule has 0 aromatic carbocycles. The van der Waals surface area contributed by atoms with Gasteiger partial charge in [0, 0.05) is 0 Å². The molecule has 1 amide bonds. The Morgan fingerprint density at radius 1 is 1.08 bits per heavy atom. The molecule has 1 aliphatic heterocycles. The maximum absolute atomic E-state index is 14.9. The molecule has 0 radical (unpaired) electrons. The Balaban J connectivity index is 2.23. The number of hydrogen-bond acceptors (Lipinski definition) is 4. The number of nitrogens with zero attached hydrogens (tertiary/aromatic N) is 2. The molecule has 2 atom stereocenters. The van der Waals surface area contributed by atoms with Crippen molar-refractivity contribution >= 4 is 34.0 Å². The molecule has 1 aromatic rings. The minimum atomic E-state index is -2.84. The average molecular weight is 629 g/mol. The van der Waals surface area contributed by atoms with Gasteiger partial charge in [-0.15, -0.1) is 0 Å². The van der Waals surface area contributed by atoms with Crippen molar-refractivity contribution < 1.29 is 23.1 Å². The van der Waals surface area contributed by atoms with Crippen LogP contribution >= 0.6 is 0 Å². The third-order valence-electron chi connectivity index (χ3n) is 7.40. The van der Waals surface area contributed by atoms with Crippen molar-refractivity contribution in [1.82, 2.24) is 9.88 Å². The van der Waals surface area contributed by atoms with Gasteiger partial charge in [-0.2, -0.15) is 0 Å². The van der Waals surface area contributed by atoms with E-state index < -0.39 is 48.1 Å². The Morgan fingerprint density at radius 3 is 2.16 bits per heavy atom. The van der Waals surface area contributed by atoms with Gasteiger partial charge >= 0.3 is 228 Å². The van der Waals surface area contributed by atoms with Crippen molar-refractivity contribution in [2.75, 3.05) is 6.54 Å². The van der Waals surface area contributed by atoms with Gasteiger partial charge in [0.25, 0.3) is 0 Å². The molecule has 2 heterocycles. The summed E-state index contributed by atoms with van der Waals surface area (Å²) in [5.41, 5.74) is -0.219. The van der Waals surface area contributed by atoms with Crippen LogP contribution in [-0.4, -0.2) is 64.5 Å². The summed E-state index contributed by atoms with van der Waals surface area (Å²) >= 11 is -2.84. The number of aromatic nitrogens is 1. The third kappa shape index (κ3) is 9.46. The Morgan fingerprint density at radius 2 is 1.65 bits per heavy atom. The fourth-order valence-corrected chi connectivity index (χ4v) is 20.8. The summed E-state index contributed by atoms with van der Waals surface area (Å²) in [6.45, 7) is 11.7. The van der Waals surface area contributed by atoms with Gasteiger partial charge in [-0.1, -0.05) is 0 Å². The minimum absolute atomic E-state index is 0.0349. The number of alkyl halides is 1. The number of aryl methyl sites for hydroxylation is 1. The molecule has 37 heavy (non-hydrogen) atoms. The van der Waals surface area contributed by atoms with Crippen LogP contribution in [-0.2, 0) is 16.0 Å². The molecule has 0 saturated carbocycles. The molecule has 0 bridgehead atoms. The van der Waals surface area contributed by atoms with Gasteiger partial charge in [0.05, 0.1) is 0 Å². The van der Waals surface area contributed by atoms with E-state index in [2.05, 4.69) is 25.8 Å². The number of likely N-dealkylation sites (tertiary alicyclic amines) is 1. The van der Waals surface area contributed by atoms with Gasteiger partial charge in [-0.25, -0.2) is 0 Å². The predicted octanol–water partition coefficient (Wildman–Crippen LogP) is 7.13. The molecule has 1 aromatic heterocycles. The van der Waals surface area contributed by atoms with Crippen molar-refractivity contribution in [3.8, 4) is 0 Å². The van der Waals surface area contributed by atoms with Crippen LogP contribution < -0.4 is 3.71 Å². The number of carbonyl (C=O) groups is 2. The van der Waals surface area contributed by atoms with E-state index in [1.165, 1.54) is 43.7 Å². The first-order chi connectivity index (χ1) is 17.5. The van der Waals surface area contributed by atoms with Crippen molar-refractivity contribution in [2.24, 2.45) is 0 Å². The Hall–Kier alpha value is -1.25. The van der Waals surface area contributed by atoms with E-state index in [4.69, 9.17) is 4.74 Å². The van der Waals surface area contributed by atoms with Crippen LogP contribution in [0.3, 0.4) is 0 Å². The molecule has 0 aliphatic carbocycles. The molecule has 8 heteroatoms. The number of unbranched alkanes of at least 4 members (excludes halogenated alkanes) is 3. The van der Waals surface area contributed by atoms with E-state index in [0.29, 0.717) is 5.56 Å². The molecule has 5 nitrogen and oxygen atoms in total. The fraction of sp³-hybridized carbons (Fsp3) is 0.759. The summed E-state index contributed by atoms with van der Waals surface area (Å²) in [4.78, 5) is 31.6. The van der Waals surface area contributed by atoms with Gasteiger partial charge in [-0.3, -0.25) is 0 Å². The summed E-state index contributed by atoms with van der Waals surface area (Å²) in [5.74, 6) is -0.640. The normalized spacial score (nSPS) is 18.3. The molecule has 1 saturated heterocycles. The number of Topliss-reactive ketones (excluding diaryl/α,β-unsaturated/α-hetero) is 1. The van der Waals surface area contributed by atoms with Crippen molar-refractivity contribution in [3.05, 3.63) is 23.6 Å². The van der Waals surface area contributed by atoms with Crippen LogP contribution in [0.25, 0.3) is 0 Å². The zero-order chi connectivity index (χ0) is 27.6. The molecule has 0 spiro atoms. The maximum atomic E-state index is 14.9. The Kier molecular flexibility index (Phi) is 12.8. The molecule has 1 fully saturated rings. The summed E-state index contributed by atoms with van der Waals surface area (Å²) in [6.07, 6.45) is 6.64. The standard InChI is InChI=1S/C17H21F2N2O3.3C4H9.Sn/c1-17(2,3)24-16(23)21-10-12(18)8-14(21)15(22)5-4-11-6-7-20-9-13(11)19;3*1-3-4-2;/h6,9,12,14H,4-5,8,10H2,1-3H3;3*1,3-4H2,2H3;/t12-,14+;;;;/m1..../s1. The fourth-order valence-electron chi connectivity index (χ4n) is 5.30. The average Bonchev–Trinajstić information content (AvgIpc) is 3.24. The molecular weight excluding hydrogens is 581 g/mol. The van der Waals surface area contributed by atoms with Gasteiger partial charge in [0.15, 0.2) is 0 Å². The van der Waals surface area contributed by atoms with Crippen molar-refractivity contribution in [3.63, 3.8) is 0 Å². The van der Waals surface area contributed by atoms with E-state index in [1.807, 2.05) is 6.07 Å². The predicted molar refractivity (Wildman–Crippen MR) is 148 cm³/mol. The number of hydrogen-bond donors (Lipinski definition) is 0. The summed E-state index contributed by atoms with van der Waals surface area (Å²) in [5, 5.41) is 0. The summed E-state index contributed by atoms with van der Waals surface area (Å²) in [6, 6.07) is 1.09. The van der Waals surface area contributed by atoms with Crippen LogP contribution in [0.2, 0.25) is 13.3 Å². The SMILES string of the molecule is CCC[CH2][Sn]([CH2]CCC)([CH2]CCC)[c]1cc(CCC(=O)[C@@H]2C[C@@H](F)CN2C(=O)OC(C)(C)C)c(F)cn1. The Labute approximate surface area is 227 Å². The number of halogens is 2. The van der Waals surface area contributed by atoms with Crippen molar-refractivity contribution in [2.45, 2.75) is 130 Å². The van der Waals surface area contributed by atoms with Gasteiger partial charge in [0.2, 0.25) is 0 Å². The van der Waals surface area contributed by atoms with Gasteiger partial charge in [0.1, 0.15) is 0 Å². The van der Waals surface area contributed by atoms with E-state index in [1.54, 1.807) is 20.8 Å². The number of rotatable bonds is 14. The van der Waals surface area contributed by atoms with Crippen LogP contribution in [0, 0.1) is 5.82 Å². The van der Waals surface area contributed by atoms with Crippen LogP contribution in [0.15, 0.2) is 12.3 Å². The second kappa shape index (κ2) is 14.8. The number of ketones is 1. The quantitative estimate of drug-likeness (QED) is 0.206. The van der Waals surface area contributed by atoms with Crippen molar-refractivity contribution in [1.29, 1.82) is 0 Å². The molecule has 210 valence electrons. The zero-order valence-corrected chi connectivity index (χ0v) is 26.7. The molecule has 1 aliphatic rings. The zero-order valence-electron chi connectivity index (χ0n) is 23.9. The van der Waals surface area contributed by atoms with E-state index in [0.717, 1.165) is 23.0 Å². The summed E-state index contributed by atoms with van der Waals surface area (Å²) in [7, 11) is 0. The van der Waals surface area contributed by atoms with Crippen LogP contribution in [0.4, 0.5) is 13.6 Å². The van der Waals surface area contributed by atoms with Crippen LogP contribution in [0.1, 0.15) is 98.5 Å². The number of pyridine rings is 1.